The van der Waals surface area contributed by atoms with Gasteiger partial charge in [-0.25, -0.2) is 4.98 Å². The maximum atomic E-state index is 14.0. The van der Waals surface area contributed by atoms with Crippen LogP contribution in [0.5, 0.6) is 0 Å². The summed E-state index contributed by atoms with van der Waals surface area (Å²) in [4.78, 5) is 32.6. The second kappa shape index (κ2) is 8.81. The number of likely N-dealkylation sites (tertiary alicyclic amines) is 1. The van der Waals surface area contributed by atoms with E-state index in [1.54, 1.807) is 0 Å². The van der Waals surface area contributed by atoms with Gasteiger partial charge >= 0.3 is 0 Å². The number of aromatic amines is 1. The van der Waals surface area contributed by atoms with Gasteiger partial charge in [0, 0.05) is 25.6 Å². The van der Waals surface area contributed by atoms with E-state index >= 15 is 0 Å². The Balaban J connectivity index is 1.43. The number of rotatable bonds is 5. The molecular formula is C26H29N5O2. The van der Waals surface area contributed by atoms with Gasteiger partial charge in [-0.3, -0.25) is 14.7 Å². The summed E-state index contributed by atoms with van der Waals surface area (Å²) in [6, 6.07) is 19.7. The first kappa shape index (κ1) is 21.4. The summed E-state index contributed by atoms with van der Waals surface area (Å²) in [7, 11) is 0. The lowest BCUT2D eigenvalue weighted by atomic mass is 9.77. The second-order valence-corrected chi connectivity index (χ2v) is 9.19. The molecule has 1 saturated carbocycles. The van der Waals surface area contributed by atoms with Crippen LogP contribution in [-0.2, 0) is 15.0 Å². The van der Waals surface area contributed by atoms with Gasteiger partial charge < -0.3 is 10.2 Å². The number of benzene rings is 2. The first-order valence-corrected chi connectivity index (χ1v) is 11.7. The van der Waals surface area contributed by atoms with Gasteiger partial charge in [0.15, 0.2) is 5.82 Å². The fourth-order valence-corrected chi connectivity index (χ4v) is 5.47. The van der Waals surface area contributed by atoms with E-state index in [1.807, 2.05) is 53.4 Å². The molecule has 5 rings (SSSR count). The van der Waals surface area contributed by atoms with Gasteiger partial charge in [-0.05, 0) is 18.4 Å². The van der Waals surface area contributed by atoms with Crippen LogP contribution in [0.25, 0.3) is 11.4 Å². The minimum atomic E-state index is -0.479. The highest BCUT2D eigenvalue weighted by Crippen LogP contribution is 2.44. The van der Waals surface area contributed by atoms with Crippen molar-refractivity contribution in [2.75, 3.05) is 13.1 Å². The summed E-state index contributed by atoms with van der Waals surface area (Å²) in [5.41, 5.74) is 1.54. The van der Waals surface area contributed by atoms with E-state index in [9.17, 15) is 9.59 Å². The first-order valence-electron chi connectivity index (χ1n) is 11.7. The van der Waals surface area contributed by atoms with Crippen LogP contribution in [0.3, 0.4) is 0 Å². The SMILES string of the molecule is CC(=O)N[C@@H]1CN(C(=O)C2(c3ccccc3)CCCC2)C[C@H]1c1nc(-c2ccccc2)n[nH]1. The Labute approximate surface area is 193 Å². The molecule has 1 aromatic heterocycles. The Hall–Kier alpha value is -3.48. The Bertz CT molecular complexity index is 1120. The number of carbonyl (C=O) groups is 2. The van der Waals surface area contributed by atoms with E-state index in [2.05, 4.69) is 27.6 Å². The summed E-state index contributed by atoms with van der Waals surface area (Å²) in [6.07, 6.45) is 3.83. The molecule has 1 aliphatic heterocycles. The highest BCUT2D eigenvalue weighted by Gasteiger charge is 2.48. The molecule has 7 nitrogen and oxygen atoms in total. The number of nitrogens with one attached hydrogen (secondary N) is 2. The number of carbonyl (C=O) groups excluding carboxylic acids is 2. The van der Waals surface area contributed by atoms with Crippen molar-refractivity contribution in [3.05, 3.63) is 72.1 Å². The lowest BCUT2D eigenvalue weighted by molar-refractivity contribution is -0.136. The summed E-state index contributed by atoms with van der Waals surface area (Å²) < 4.78 is 0. The fourth-order valence-electron chi connectivity index (χ4n) is 5.47. The highest BCUT2D eigenvalue weighted by molar-refractivity contribution is 5.89. The van der Waals surface area contributed by atoms with E-state index in [1.165, 1.54) is 6.92 Å². The van der Waals surface area contributed by atoms with Gasteiger partial charge in [-0.2, -0.15) is 5.10 Å². The van der Waals surface area contributed by atoms with Gasteiger partial charge in [-0.1, -0.05) is 73.5 Å². The zero-order valence-electron chi connectivity index (χ0n) is 18.8. The molecule has 2 atom stereocenters. The zero-order valence-corrected chi connectivity index (χ0v) is 18.8. The van der Waals surface area contributed by atoms with Crippen molar-refractivity contribution in [1.82, 2.24) is 25.4 Å². The maximum absolute atomic E-state index is 14.0. The molecule has 3 aromatic rings. The lowest BCUT2D eigenvalue weighted by Gasteiger charge is -2.33. The predicted molar refractivity (Wildman–Crippen MR) is 125 cm³/mol. The van der Waals surface area contributed by atoms with Crippen LogP contribution < -0.4 is 5.32 Å². The molecule has 1 aliphatic carbocycles. The van der Waals surface area contributed by atoms with E-state index in [0.717, 1.165) is 36.8 Å². The molecule has 0 bridgehead atoms. The molecule has 2 fully saturated rings. The third-order valence-electron chi connectivity index (χ3n) is 7.07. The average molecular weight is 444 g/mol. The Morgan fingerprint density at radius 3 is 2.33 bits per heavy atom. The first-order chi connectivity index (χ1) is 16.1. The Morgan fingerprint density at radius 1 is 1.00 bits per heavy atom. The van der Waals surface area contributed by atoms with Crippen LogP contribution in [0.15, 0.2) is 60.7 Å². The van der Waals surface area contributed by atoms with Gasteiger partial charge in [0.05, 0.1) is 17.4 Å². The van der Waals surface area contributed by atoms with Gasteiger partial charge in [0.25, 0.3) is 0 Å². The summed E-state index contributed by atoms with van der Waals surface area (Å²) in [5.74, 6) is 1.22. The van der Waals surface area contributed by atoms with Gasteiger partial charge in [0.1, 0.15) is 5.82 Å². The van der Waals surface area contributed by atoms with E-state index in [4.69, 9.17) is 4.98 Å². The second-order valence-electron chi connectivity index (χ2n) is 9.19. The standard InChI is InChI=1S/C26H29N5O2/c1-18(32)27-22-17-31(25(33)26(14-8-9-15-26)20-12-6-3-7-13-20)16-21(22)24-28-23(29-30-24)19-10-4-2-5-11-19/h2-7,10-13,21-22H,8-9,14-17H2,1H3,(H,27,32)(H,28,29,30)/t21-,22-/m1/s1. The van der Waals surface area contributed by atoms with E-state index in [0.29, 0.717) is 24.7 Å². The number of H-pyrrole nitrogens is 1. The predicted octanol–water partition coefficient (Wildman–Crippen LogP) is 3.41. The average Bonchev–Trinajstić information content (AvgIpc) is 3.59. The molecule has 170 valence electrons. The van der Waals surface area contributed by atoms with Crippen molar-refractivity contribution in [3.8, 4) is 11.4 Å². The van der Waals surface area contributed by atoms with Crippen LogP contribution in [0.4, 0.5) is 0 Å². The molecule has 2 N–H and O–H groups in total. The van der Waals surface area contributed by atoms with Gasteiger partial charge in [0.2, 0.25) is 11.8 Å². The van der Waals surface area contributed by atoms with E-state index < -0.39 is 5.41 Å². The molecule has 0 spiro atoms. The molecule has 0 radical (unpaired) electrons. The number of hydrogen-bond donors (Lipinski definition) is 2. The minimum Gasteiger partial charge on any atom is -0.351 e. The molecule has 0 unspecified atom stereocenters. The third-order valence-corrected chi connectivity index (χ3v) is 7.07. The highest BCUT2D eigenvalue weighted by atomic mass is 16.2. The molecule has 7 heteroatoms. The number of hydrogen-bond acceptors (Lipinski definition) is 4. The fraction of sp³-hybridized carbons (Fsp3) is 0.385. The molecule has 33 heavy (non-hydrogen) atoms. The molecule has 1 saturated heterocycles. The quantitative estimate of drug-likeness (QED) is 0.632. The maximum Gasteiger partial charge on any atom is 0.233 e. The van der Waals surface area contributed by atoms with Crippen LogP contribution in [0.2, 0.25) is 0 Å². The van der Waals surface area contributed by atoms with Crippen molar-refractivity contribution >= 4 is 11.8 Å². The van der Waals surface area contributed by atoms with Crippen LogP contribution in [0.1, 0.15) is 49.9 Å². The summed E-state index contributed by atoms with van der Waals surface area (Å²) in [6.45, 7) is 2.49. The lowest BCUT2D eigenvalue weighted by Crippen LogP contribution is -2.46. The van der Waals surface area contributed by atoms with Crippen molar-refractivity contribution in [3.63, 3.8) is 0 Å². The van der Waals surface area contributed by atoms with Crippen LogP contribution >= 0.6 is 0 Å². The van der Waals surface area contributed by atoms with Crippen molar-refractivity contribution in [2.24, 2.45) is 0 Å². The molecule has 2 amide bonds. The van der Waals surface area contributed by atoms with Crippen LogP contribution in [-0.4, -0.2) is 51.0 Å². The molecule has 2 aromatic carbocycles. The normalized spacial score (nSPS) is 21.8. The number of nitrogens with zero attached hydrogens (tertiary/aromatic N) is 3. The number of aromatic nitrogens is 3. The summed E-state index contributed by atoms with van der Waals surface area (Å²) in [5, 5.41) is 10.5. The monoisotopic (exact) mass is 443 g/mol. The van der Waals surface area contributed by atoms with Gasteiger partial charge in [-0.15, -0.1) is 0 Å². The number of amides is 2. The van der Waals surface area contributed by atoms with Crippen LogP contribution in [0, 0.1) is 0 Å². The topological polar surface area (TPSA) is 91.0 Å². The largest absolute Gasteiger partial charge is 0.351 e. The van der Waals surface area contributed by atoms with E-state index in [-0.39, 0.29) is 23.8 Å². The van der Waals surface area contributed by atoms with Crippen molar-refractivity contribution in [2.45, 2.75) is 50.0 Å². The smallest absolute Gasteiger partial charge is 0.233 e. The van der Waals surface area contributed by atoms with Crippen molar-refractivity contribution in [1.29, 1.82) is 0 Å². The summed E-state index contributed by atoms with van der Waals surface area (Å²) >= 11 is 0. The van der Waals surface area contributed by atoms with Crippen molar-refractivity contribution < 1.29 is 9.59 Å². The third kappa shape index (κ3) is 4.03. The molecule has 2 aliphatic rings. The Morgan fingerprint density at radius 2 is 1.67 bits per heavy atom. The minimum absolute atomic E-state index is 0.110. The molecular weight excluding hydrogens is 414 g/mol. The zero-order chi connectivity index (χ0) is 22.8. The Kier molecular flexibility index (Phi) is 5.70. The molecule has 2 heterocycles.